The van der Waals surface area contributed by atoms with E-state index in [1.807, 2.05) is 6.08 Å². The number of nitrogens with two attached hydrogens (primary N) is 2. The highest BCUT2D eigenvalue weighted by atomic mass is 16.7. The molecule has 2 fully saturated rings. The van der Waals surface area contributed by atoms with Crippen molar-refractivity contribution < 1.29 is 44.2 Å². The fourth-order valence-electron chi connectivity index (χ4n) is 5.46. The average molecular weight is 576 g/mol. The summed E-state index contributed by atoms with van der Waals surface area (Å²) in [6.45, 7) is 3.01. The van der Waals surface area contributed by atoms with Gasteiger partial charge in [-0.25, -0.2) is 0 Å². The fraction of sp³-hybridized carbons (Fsp3) is 0.885. The Hall–Kier alpha value is -1.43. The van der Waals surface area contributed by atoms with Crippen LogP contribution in [-0.2, 0) is 23.7 Å². The van der Waals surface area contributed by atoms with Gasteiger partial charge in [-0.3, -0.25) is 4.79 Å². The van der Waals surface area contributed by atoms with Crippen molar-refractivity contribution in [2.45, 2.75) is 106 Å². The number of aliphatic hydroxyl groups excluding tert-OH is 3. The van der Waals surface area contributed by atoms with E-state index < -0.39 is 60.7 Å². The summed E-state index contributed by atoms with van der Waals surface area (Å²) in [6, 6.07) is -2.11. The first kappa shape index (κ1) is 33.1. The van der Waals surface area contributed by atoms with Crippen LogP contribution in [0.1, 0.15) is 45.4 Å². The van der Waals surface area contributed by atoms with Crippen LogP contribution < -0.4 is 27.4 Å². The van der Waals surface area contributed by atoms with Gasteiger partial charge in [-0.05, 0) is 58.8 Å². The molecule has 0 aromatic rings. The van der Waals surface area contributed by atoms with Gasteiger partial charge in [0.1, 0.15) is 35.8 Å². The maximum absolute atomic E-state index is 12.6. The van der Waals surface area contributed by atoms with Crippen molar-refractivity contribution in [3.8, 4) is 0 Å². The van der Waals surface area contributed by atoms with Crippen LogP contribution >= 0.6 is 0 Å². The summed E-state index contributed by atoms with van der Waals surface area (Å²) in [6.07, 6.45) is -1.52. The van der Waals surface area contributed by atoms with E-state index in [2.05, 4.69) is 16.0 Å². The van der Waals surface area contributed by atoms with E-state index in [0.29, 0.717) is 51.1 Å². The standard InChI is InChI=1S/C26H49N5O9/c1-26(36)14-37-25(21(35)24(26)29-2)40-23-17(31-18(33)7-4-9-27)12-16(28)22(20(23)34)39-19-8-3-6-15(38-19)13-30-10-5-11-32/h6,16-17,19-25,29-30,32,34-36H,3-5,7-14,27-28H2,1-2H3,(H,31,33)/t16-,17+,19+,20-,21+,22+,23-,24+,25+,26-/m0/s1. The van der Waals surface area contributed by atoms with Crippen LogP contribution in [0.3, 0.4) is 0 Å². The number of allylic oxidation sites excluding steroid dienone is 1. The highest BCUT2D eigenvalue weighted by Gasteiger charge is 2.51. The second kappa shape index (κ2) is 15.7. The molecule has 0 aromatic carbocycles. The summed E-state index contributed by atoms with van der Waals surface area (Å²) < 4.78 is 24.0. The van der Waals surface area contributed by atoms with Gasteiger partial charge < -0.3 is 66.8 Å². The molecule has 1 saturated carbocycles. The van der Waals surface area contributed by atoms with Crippen LogP contribution in [0.25, 0.3) is 0 Å². The lowest BCUT2D eigenvalue weighted by Gasteiger charge is -2.48. The van der Waals surface area contributed by atoms with E-state index in [9.17, 15) is 20.1 Å². The van der Waals surface area contributed by atoms with Crippen LogP contribution in [0, 0.1) is 0 Å². The molecule has 232 valence electrons. The van der Waals surface area contributed by atoms with Crippen LogP contribution in [0.5, 0.6) is 0 Å². The number of ether oxygens (including phenoxy) is 4. The molecule has 1 amide bonds. The fourth-order valence-corrected chi connectivity index (χ4v) is 5.46. The van der Waals surface area contributed by atoms with E-state index in [1.54, 1.807) is 14.0 Å². The molecule has 14 heteroatoms. The van der Waals surface area contributed by atoms with Crippen LogP contribution in [0.4, 0.5) is 0 Å². The summed E-state index contributed by atoms with van der Waals surface area (Å²) in [4.78, 5) is 12.6. The molecule has 3 rings (SSSR count). The normalized spacial score (nSPS) is 38.4. The maximum Gasteiger partial charge on any atom is 0.220 e. The number of aliphatic hydroxyl groups is 4. The number of amides is 1. The summed E-state index contributed by atoms with van der Waals surface area (Å²) in [5, 5.41) is 51.0. The first-order chi connectivity index (χ1) is 19.1. The first-order valence-electron chi connectivity index (χ1n) is 14.2. The molecule has 0 bridgehead atoms. The molecular weight excluding hydrogens is 526 g/mol. The van der Waals surface area contributed by atoms with Crippen LogP contribution in [0.2, 0.25) is 0 Å². The molecule has 0 unspecified atom stereocenters. The van der Waals surface area contributed by atoms with Crippen molar-refractivity contribution in [2.24, 2.45) is 11.5 Å². The number of hydrogen-bond donors (Lipinski definition) is 9. The van der Waals surface area contributed by atoms with Crippen molar-refractivity contribution in [3.63, 3.8) is 0 Å². The average Bonchev–Trinajstić information content (AvgIpc) is 2.91. The summed E-state index contributed by atoms with van der Waals surface area (Å²) in [5.41, 5.74) is 10.7. The molecule has 2 heterocycles. The van der Waals surface area contributed by atoms with Gasteiger partial charge in [-0.1, -0.05) is 0 Å². The topological polar surface area (TPSA) is 223 Å². The summed E-state index contributed by atoms with van der Waals surface area (Å²) in [5.74, 6) is 0.442. The number of hydrogen-bond acceptors (Lipinski definition) is 13. The number of nitrogens with one attached hydrogen (secondary N) is 3. The lowest BCUT2D eigenvalue weighted by Crippen LogP contribution is -2.69. The molecule has 3 aliphatic rings. The number of carbonyl (C=O) groups is 1. The second-order valence-electron chi connectivity index (χ2n) is 11.0. The third-order valence-corrected chi connectivity index (χ3v) is 7.58. The van der Waals surface area contributed by atoms with Gasteiger partial charge >= 0.3 is 0 Å². The zero-order valence-electron chi connectivity index (χ0n) is 23.5. The molecule has 0 spiro atoms. The van der Waals surface area contributed by atoms with Crippen molar-refractivity contribution in [2.75, 3.05) is 39.9 Å². The lowest BCUT2D eigenvalue weighted by atomic mass is 9.83. The summed E-state index contributed by atoms with van der Waals surface area (Å²) >= 11 is 0. The SMILES string of the molecule is CN[C@@H]1[C@@H](O)[C@@H](O[C@@H]2[C@@H](O)[C@H](O[C@@H]3CCC=C(CNCCCO)O3)[C@@H](N)C[C@H]2NC(=O)CCCN)OC[C@]1(C)O. The van der Waals surface area contributed by atoms with Gasteiger partial charge in [0.15, 0.2) is 12.6 Å². The van der Waals surface area contributed by atoms with Gasteiger partial charge in [0.25, 0.3) is 0 Å². The zero-order valence-corrected chi connectivity index (χ0v) is 23.5. The van der Waals surface area contributed by atoms with Gasteiger partial charge in [-0.2, -0.15) is 0 Å². The predicted molar refractivity (Wildman–Crippen MR) is 145 cm³/mol. The maximum atomic E-state index is 12.6. The van der Waals surface area contributed by atoms with Crippen molar-refractivity contribution >= 4 is 5.91 Å². The zero-order chi connectivity index (χ0) is 29.3. The Morgan fingerprint density at radius 2 is 2.00 bits per heavy atom. The van der Waals surface area contributed by atoms with Crippen molar-refractivity contribution in [1.29, 1.82) is 0 Å². The minimum atomic E-state index is -1.35. The Kier molecular flexibility index (Phi) is 13.0. The largest absolute Gasteiger partial charge is 0.468 e. The Morgan fingerprint density at radius 3 is 2.70 bits per heavy atom. The van der Waals surface area contributed by atoms with Crippen LogP contribution in [-0.4, -0.2) is 127 Å². The van der Waals surface area contributed by atoms with E-state index in [1.165, 1.54) is 0 Å². The van der Waals surface area contributed by atoms with Crippen molar-refractivity contribution in [3.05, 3.63) is 11.8 Å². The molecule has 11 N–H and O–H groups in total. The number of likely N-dealkylation sites (N-methyl/N-ethyl adjacent to an activating group) is 1. The van der Waals surface area contributed by atoms with Crippen LogP contribution in [0.15, 0.2) is 11.8 Å². The molecule has 1 saturated heterocycles. The predicted octanol–water partition coefficient (Wildman–Crippen LogP) is -2.88. The van der Waals surface area contributed by atoms with E-state index >= 15 is 0 Å². The molecule has 14 nitrogen and oxygen atoms in total. The van der Waals surface area contributed by atoms with E-state index in [0.717, 1.165) is 0 Å². The Morgan fingerprint density at radius 1 is 1.23 bits per heavy atom. The molecule has 2 aliphatic heterocycles. The van der Waals surface area contributed by atoms with Gasteiger partial charge in [0, 0.05) is 25.5 Å². The number of carbonyl (C=O) groups excluding carboxylic acids is 1. The van der Waals surface area contributed by atoms with Gasteiger partial charge in [-0.15, -0.1) is 0 Å². The lowest BCUT2D eigenvalue weighted by molar-refractivity contribution is -0.303. The molecule has 1 aliphatic carbocycles. The molecule has 0 radical (unpaired) electrons. The quantitative estimate of drug-likeness (QED) is 0.0951. The third-order valence-electron chi connectivity index (χ3n) is 7.58. The highest BCUT2D eigenvalue weighted by molar-refractivity contribution is 5.76. The van der Waals surface area contributed by atoms with E-state index in [-0.39, 0.29) is 32.0 Å². The molecule has 10 atom stereocenters. The monoisotopic (exact) mass is 575 g/mol. The minimum absolute atomic E-state index is 0.103. The Labute approximate surface area is 235 Å². The summed E-state index contributed by atoms with van der Waals surface area (Å²) in [7, 11) is 1.61. The molecule has 0 aromatic heterocycles. The Bertz CT molecular complexity index is 819. The third kappa shape index (κ3) is 8.79. The van der Waals surface area contributed by atoms with Gasteiger partial charge in [0.05, 0.1) is 25.2 Å². The molecular formula is C26H49N5O9. The second-order valence-corrected chi connectivity index (χ2v) is 11.0. The Balaban J connectivity index is 1.71. The minimum Gasteiger partial charge on any atom is -0.468 e. The smallest absolute Gasteiger partial charge is 0.220 e. The first-order valence-corrected chi connectivity index (χ1v) is 14.2. The van der Waals surface area contributed by atoms with Gasteiger partial charge in [0.2, 0.25) is 5.91 Å². The van der Waals surface area contributed by atoms with Crippen molar-refractivity contribution in [1.82, 2.24) is 16.0 Å². The highest BCUT2D eigenvalue weighted by Crippen LogP contribution is 2.32. The molecule has 40 heavy (non-hydrogen) atoms. The van der Waals surface area contributed by atoms with E-state index in [4.69, 9.17) is 35.5 Å². The number of rotatable bonds is 14.